The molecule has 0 aliphatic carbocycles. The zero-order chi connectivity index (χ0) is 12.3. The predicted molar refractivity (Wildman–Crippen MR) is 54.9 cm³/mol. The molecule has 0 heterocycles. The van der Waals surface area contributed by atoms with E-state index in [1.165, 1.54) is 18.2 Å². The maximum absolute atomic E-state index is 12.5. The molecule has 0 spiro atoms. The van der Waals surface area contributed by atoms with Gasteiger partial charge >= 0.3 is 6.18 Å². The van der Waals surface area contributed by atoms with Crippen LogP contribution in [0.3, 0.4) is 0 Å². The molecule has 0 radical (unpaired) electrons. The Morgan fingerprint density at radius 2 is 1.81 bits per heavy atom. The second-order valence-electron chi connectivity index (χ2n) is 3.69. The van der Waals surface area contributed by atoms with Gasteiger partial charge in [0.2, 0.25) is 5.91 Å². The van der Waals surface area contributed by atoms with Gasteiger partial charge in [0.05, 0.1) is 11.3 Å². The molecular formula is C11H12F3NO. The lowest BCUT2D eigenvalue weighted by atomic mass is 10.1. The Balaban J connectivity index is 3.01. The van der Waals surface area contributed by atoms with Gasteiger partial charge in [-0.2, -0.15) is 13.2 Å². The molecule has 1 rings (SSSR count). The molecule has 0 atom stereocenters. The first-order chi connectivity index (χ1) is 7.32. The number of alkyl halides is 3. The number of carbonyl (C=O) groups is 1. The number of amides is 1. The molecule has 5 heteroatoms. The van der Waals surface area contributed by atoms with Gasteiger partial charge in [-0.1, -0.05) is 26.0 Å². The number of hydrogen-bond acceptors (Lipinski definition) is 1. The summed E-state index contributed by atoms with van der Waals surface area (Å²) in [6.45, 7) is 3.23. The van der Waals surface area contributed by atoms with Crippen LogP contribution in [0.2, 0.25) is 0 Å². The number of rotatable bonds is 2. The van der Waals surface area contributed by atoms with Crippen LogP contribution in [0.1, 0.15) is 19.4 Å². The quantitative estimate of drug-likeness (QED) is 0.831. The standard InChI is InChI=1S/C11H12F3NO/c1-7(2)10(16)15-9-6-4-3-5-8(9)11(12,13)14/h3-7H,1-2H3,(H,15,16). The number of para-hydroxylation sites is 1. The van der Waals surface area contributed by atoms with Crippen molar-refractivity contribution < 1.29 is 18.0 Å². The molecular weight excluding hydrogens is 219 g/mol. The van der Waals surface area contributed by atoms with Crippen molar-refractivity contribution >= 4 is 11.6 Å². The van der Waals surface area contributed by atoms with Gasteiger partial charge in [-0.3, -0.25) is 4.79 Å². The van der Waals surface area contributed by atoms with Crippen molar-refractivity contribution in [3.8, 4) is 0 Å². The summed E-state index contributed by atoms with van der Waals surface area (Å²) >= 11 is 0. The number of halogens is 3. The summed E-state index contributed by atoms with van der Waals surface area (Å²) < 4.78 is 37.6. The fourth-order valence-electron chi connectivity index (χ4n) is 1.12. The SMILES string of the molecule is CC(C)C(=O)Nc1ccccc1C(F)(F)F. The van der Waals surface area contributed by atoms with E-state index in [1.54, 1.807) is 13.8 Å². The van der Waals surface area contributed by atoms with Crippen LogP contribution in [-0.4, -0.2) is 5.91 Å². The molecule has 0 aliphatic rings. The molecule has 16 heavy (non-hydrogen) atoms. The lowest BCUT2D eigenvalue weighted by Crippen LogP contribution is -2.20. The van der Waals surface area contributed by atoms with Crippen molar-refractivity contribution in [2.24, 2.45) is 5.92 Å². The van der Waals surface area contributed by atoms with Crippen LogP contribution < -0.4 is 5.32 Å². The topological polar surface area (TPSA) is 29.1 Å². The van der Waals surface area contributed by atoms with Crippen LogP contribution >= 0.6 is 0 Å². The van der Waals surface area contributed by atoms with Gasteiger partial charge in [-0.15, -0.1) is 0 Å². The molecule has 88 valence electrons. The largest absolute Gasteiger partial charge is 0.418 e. The highest BCUT2D eigenvalue weighted by Gasteiger charge is 2.33. The highest BCUT2D eigenvalue weighted by Crippen LogP contribution is 2.34. The summed E-state index contributed by atoms with van der Waals surface area (Å²) in [7, 11) is 0. The third-order valence-electron chi connectivity index (χ3n) is 2.01. The number of carbonyl (C=O) groups excluding carboxylic acids is 1. The smallest absolute Gasteiger partial charge is 0.325 e. The lowest BCUT2D eigenvalue weighted by molar-refractivity contribution is -0.137. The zero-order valence-electron chi connectivity index (χ0n) is 8.93. The molecule has 1 amide bonds. The second kappa shape index (κ2) is 4.55. The average molecular weight is 231 g/mol. The zero-order valence-corrected chi connectivity index (χ0v) is 8.93. The van der Waals surface area contributed by atoms with Crippen molar-refractivity contribution in [3.63, 3.8) is 0 Å². The molecule has 0 bridgehead atoms. The number of anilines is 1. The second-order valence-corrected chi connectivity index (χ2v) is 3.69. The molecule has 0 saturated heterocycles. The normalized spacial score (nSPS) is 11.6. The molecule has 0 saturated carbocycles. The Kier molecular flexibility index (Phi) is 3.57. The summed E-state index contributed by atoms with van der Waals surface area (Å²) in [5, 5.41) is 2.26. The molecule has 0 fully saturated rings. The number of benzene rings is 1. The van der Waals surface area contributed by atoms with Crippen molar-refractivity contribution in [1.29, 1.82) is 0 Å². The van der Waals surface area contributed by atoms with Gasteiger partial charge in [0.25, 0.3) is 0 Å². The average Bonchev–Trinajstić information content (AvgIpc) is 2.16. The minimum atomic E-state index is -4.46. The van der Waals surface area contributed by atoms with E-state index >= 15 is 0 Å². The van der Waals surface area contributed by atoms with Gasteiger partial charge in [0, 0.05) is 5.92 Å². The van der Waals surface area contributed by atoms with Crippen molar-refractivity contribution in [1.82, 2.24) is 0 Å². The van der Waals surface area contributed by atoms with Gasteiger partial charge < -0.3 is 5.32 Å². The van der Waals surface area contributed by atoms with Gasteiger partial charge in [0.15, 0.2) is 0 Å². The van der Waals surface area contributed by atoms with Crippen molar-refractivity contribution in [2.75, 3.05) is 5.32 Å². The molecule has 0 aromatic heterocycles. The van der Waals surface area contributed by atoms with Crippen molar-refractivity contribution in [2.45, 2.75) is 20.0 Å². The van der Waals surface area contributed by atoms with Crippen LogP contribution in [0.15, 0.2) is 24.3 Å². The summed E-state index contributed by atoms with van der Waals surface area (Å²) in [5.74, 6) is -0.794. The van der Waals surface area contributed by atoms with E-state index in [2.05, 4.69) is 5.32 Å². The summed E-state index contributed by atoms with van der Waals surface area (Å²) in [6.07, 6.45) is -4.46. The minimum absolute atomic E-state index is 0.200. The Hall–Kier alpha value is -1.52. The van der Waals surface area contributed by atoms with E-state index in [0.29, 0.717) is 0 Å². The Morgan fingerprint density at radius 1 is 1.25 bits per heavy atom. The van der Waals surface area contributed by atoms with E-state index in [4.69, 9.17) is 0 Å². The molecule has 0 unspecified atom stereocenters. The van der Waals surface area contributed by atoms with E-state index in [1.807, 2.05) is 0 Å². The van der Waals surface area contributed by atoms with Crippen LogP contribution in [0, 0.1) is 5.92 Å². The minimum Gasteiger partial charge on any atom is -0.325 e. The van der Waals surface area contributed by atoms with Crippen molar-refractivity contribution in [3.05, 3.63) is 29.8 Å². The lowest BCUT2D eigenvalue weighted by Gasteiger charge is -2.14. The third kappa shape index (κ3) is 2.98. The molecule has 1 aromatic rings. The van der Waals surface area contributed by atoms with E-state index in [9.17, 15) is 18.0 Å². The van der Waals surface area contributed by atoms with E-state index < -0.39 is 17.6 Å². The Labute approximate surface area is 91.5 Å². The highest BCUT2D eigenvalue weighted by molar-refractivity contribution is 5.92. The van der Waals surface area contributed by atoms with Crippen LogP contribution in [-0.2, 0) is 11.0 Å². The monoisotopic (exact) mass is 231 g/mol. The van der Waals surface area contributed by atoms with Crippen LogP contribution in [0.25, 0.3) is 0 Å². The number of hydrogen-bond donors (Lipinski definition) is 1. The number of nitrogens with one attached hydrogen (secondary N) is 1. The first kappa shape index (κ1) is 12.5. The van der Waals surface area contributed by atoms with Gasteiger partial charge in [-0.05, 0) is 12.1 Å². The first-order valence-corrected chi connectivity index (χ1v) is 4.79. The van der Waals surface area contributed by atoms with E-state index in [-0.39, 0.29) is 11.6 Å². The predicted octanol–water partition coefficient (Wildman–Crippen LogP) is 3.30. The van der Waals surface area contributed by atoms with Gasteiger partial charge in [-0.25, -0.2) is 0 Å². The van der Waals surface area contributed by atoms with Gasteiger partial charge in [0.1, 0.15) is 0 Å². The van der Waals surface area contributed by atoms with Crippen LogP contribution in [0.5, 0.6) is 0 Å². The third-order valence-corrected chi connectivity index (χ3v) is 2.01. The Morgan fingerprint density at radius 3 is 2.31 bits per heavy atom. The highest BCUT2D eigenvalue weighted by atomic mass is 19.4. The molecule has 1 N–H and O–H groups in total. The van der Waals surface area contributed by atoms with E-state index in [0.717, 1.165) is 6.07 Å². The Bertz CT molecular complexity index is 385. The molecule has 2 nitrogen and oxygen atoms in total. The fourth-order valence-corrected chi connectivity index (χ4v) is 1.12. The summed E-state index contributed by atoms with van der Waals surface area (Å²) in [5.41, 5.74) is -1.03. The fraction of sp³-hybridized carbons (Fsp3) is 0.364. The first-order valence-electron chi connectivity index (χ1n) is 4.79. The maximum Gasteiger partial charge on any atom is 0.418 e. The summed E-state index contributed by atoms with van der Waals surface area (Å²) in [6, 6.07) is 4.91. The maximum atomic E-state index is 12.5. The molecule has 1 aromatic carbocycles. The summed E-state index contributed by atoms with van der Waals surface area (Å²) in [4.78, 5) is 11.3. The van der Waals surface area contributed by atoms with Crippen LogP contribution in [0.4, 0.5) is 18.9 Å². The molecule has 0 aliphatic heterocycles.